The summed E-state index contributed by atoms with van der Waals surface area (Å²) in [5, 5.41) is 7.19. The zero-order valence-electron chi connectivity index (χ0n) is 19.1. The molecule has 184 valence electrons. The lowest BCUT2D eigenvalue weighted by Crippen LogP contribution is -2.32. The number of carbonyl (C=O) groups is 2. The van der Waals surface area contributed by atoms with Crippen LogP contribution in [-0.2, 0) is 16.1 Å². The Morgan fingerprint density at radius 2 is 1.58 bits per heavy atom. The monoisotopic (exact) mass is 493 g/mol. The van der Waals surface area contributed by atoms with Crippen LogP contribution >= 0.6 is 0 Å². The maximum Gasteiger partial charge on any atom is 0.387 e. The molecule has 1 N–H and O–H groups in total. The van der Waals surface area contributed by atoms with Crippen molar-refractivity contribution < 1.29 is 27.8 Å². The molecule has 0 fully saturated rings. The van der Waals surface area contributed by atoms with Gasteiger partial charge in [0.2, 0.25) is 0 Å². The minimum atomic E-state index is -3.08. The van der Waals surface area contributed by atoms with Crippen LogP contribution in [0.5, 0.6) is 5.75 Å². The van der Waals surface area contributed by atoms with Gasteiger partial charge in [-0.05, 0) is 30.7 Å². The van der Waals surface area contributed by atoms with E-state index in [9.17, 15) is 23.2 Å². The van der Waals surface area contributed by atoms with Gasteiger partial charge in [-0.1, -0.05) is 60.7 Å². The molecule has 4 rings (SSSR count). The van der Waals surface area contributed by atoms with Crippen LogP contribution in [0.3, 0.4) is 0 Å². The summed E-state index contributed by atoms with van der Waals surface area (Å²) in [6.45, 7) is -1.63. The Labute approximate surface area is 204 Å². The third-order valence-corrected chi connectivity index (χ3v) is 5.25. The Kier molecular flexibility index (Phi) is 7.33. The van der Waals surface area contributed by atoms with Gasteiger partial charge >= 0.3 is 12.6 Å². The molecule has 4 aromatic rings. The third-order valence-electron chi connectivity index (χ3n) is 5.25. The average Bonchev–Trinajstić information content (AvgIpc) is 2.87. The number of amides is 1. The van der Waals surface area contributed by atoms with E-state index in [1.54, 1.807) is 24.3 Å². The first-order valence-corrected chi connectivity index (χ1v) is 10.9. The first-order valence-electron chi connectivity index (χ1n) is 10.9. The molecule has 0 saturated heterocycles. The van der Waals surface area contributed by atoms with Crippen LogP contribution in [0.1, 0.15) is 23.0 Å². The lowest BCUT2D eigenvalue weighted by Gasteiger charge is -2.16. The van der Waals surface area contributed by atoms with E-state index in [0.29, 0.717) is 0 Å². The van der Waals surface area contributed by atoms with Gasteiger partial charge in [0.1, 0.15) is 5.75 Å². The van der Waals surface area contributed by atoms with E-state index in [0.717, 1.165) is 10.2 Å². The molecule has 10 heteroatoms. The number of aromatic nitrogens is 2. The van der Waals surface area contributed by atoms with E-state index < -0.39 is 24.6 Å². The Balaban J connectivity index is 1.58. The molecular formula is C26H21F2N3O5. The van der Waals surface area contributed by atoms with Crippen molar-refractivity contribution in [3.8, 4) is 5.75 Å². The summed E-state index contributed by atoms with van der Waals surface area (Å²) < 4.78 is 36.2. The zero-order valence-corrected chi connectivity index (χ0v) is 19.1. The number of nitrogens with one attached hydrogen (secondary N) is 1. The molecule has 1 amide bonds. The van der Waals surface area contributed by atoms with Crippen LogP contribution in [0.15, 0.2) is 83.7 Å². The molecule has 1 atom stereocenters. The fourth-order valence-electron chi connectivity index (χ4n) is 3.52. The van der Waals surface area contributed by atoms with Gasteiger partial charge < -0.3 is 14.8 Å². The predicted octanol–water partition coefficient (Wildman–Crippen LogP) is 4.23. The van der Waals surface area contributed by atoms with E-state index in [1.165, 1.54) is 31.2 Å². The molecule has 1 unspecified atom stereocenters. The first-order chi connectivity index (χ1) is 17.3. The summed E-state index contributed by atoms with van der Waals surface area (Å²) in [4.78, 5) is 38.7. The third kappa shape index (κ3) is 5.54. The Bertz CT molecular complexity index is 1460. The van der Waals surface area contributed by atoms with Crippen LogP contribution in [0.2, 0.25) is 0 Å². The summed E-state index contributed by atoms with van der Waals surface area (Å²) in [6.07, 6.45) is -1.31. The van der Waals surface area contributed by atoms with Crippen LogP contribution in [-0.4, -0.2) is 34.4 Å². The highest BCUT2D eigenvalue weighted by atomic mass is 19.3. The number of rotatable bonds is 8. The van der Waals surface area contributed by atoms with Gasteiger partial charge in [0.05, 0.1) is 17.6 Å². The summed E-state index contributed by atoms with van der Waals surface area (Å²) in [5.41, 5.74) is 0.277. The molecule has 0 radical (unpaired) electrons. The molecule has 0 aliphatic rings. The smallest absolute Gasteiger partial charge is 0.387 e. The van der Waals surface area contributed by atoms with Gasteiger partial charge in [-0.2, -0.15) is 13.9 Å². The predicted molar refractivity (Wildman–Crippen MR) is 128 cm³/mol. The molecule has 0 aliphatic carbocycles. The second kappa shape index (κ2) is 10.8. The average molecular weight is 493 g/mol. The van der Waals surface area contributed by atoms with E-state index in [2.05, 4.69) is 15.2 Å². The van der Waals surface area contributed by atoms with Crippen LogP contribution in [0, 0.1) is 0 Å². The van der Waals surface area contributed by atoms with Crippen LogP contribution in [0.25, 0.3) is 10.8 Å². The topological polar surface area (TPSA) is 99.5 Å². The molecule has 8 nitrogen and oxygen atoms in total. The fraction of sp³-hybridized carbons (Fsp3) is 0.154. The summed E-state index contributed by atoms with van der Waals surface area (Å²) in [6, 6.07) is 21.2. The van der Waals surface area contributed by atoms with Crippen LogP contribution < -0.4 is 15.6 Å². The summed E-state index contributed by atoms with van der Waals surface area (Å²) >= 11 is 0. The normalized spacial score (nSPS) is 11.8. The quantitative estimate of drug-likeness (QED) is 0.369. The maximum absolute atomic E-state index is 13.1. The van der Waals surface area contributed by atoms with Gasteiger partial charge in [-0.25, -0.2) is 9.48 Å². The molecule has 1 aromatic heterocycles. The molecule has 0 bridgehead atoms. The number of esters is 1. The second-order valence-electron chi connectivity index (χ2n) is 7.75. The molecule has 0 saturated carbocycles. The van der Waals surface area contributed by atoms with Gasteiger partial charge in [-0.3, -0.25) is 9.59 Å². The zero-order chi connectivity index (χ0) is 25.7. The van der Waals surface area contributed by atoms with Crippen molar-refractivity contribution in [1.29, 1.82) is 0 Å². The summed E-state index contributed by atoms with van der Waals surface area (Å²) in [5.74, 6) is -1.93. The Morgan fingerprint density at radius 1 is 0.944 bits per heavy atom. The first kappa shape index (κ1) is 24.5. The lowest BCUT2D eigenvalue weighted by atomic mass is 10.1. The molecular weight excluding hydrogens is 472 g/mol. The Morgan fingerprint density at radius 3 is 2.31 bits per heavy atom. The molecule has 0 aliphatic heterocycles. The van der Waals surface area contributed by atoms with Crippen molar-refractivity contribution in [3.63, 3.8) is 0 Å². The van der Waals surface area contributed by atoms with Crippen molar-refractivity contribution in [3.05, 3.63) is 100 Å². The second-order valence-corrected chi connectivity index (χ2v) is 7.75. The number of carbonyl (C=O) groups excluding carboxylic acids is 2. The van der Waals surface area contributed by atoms with Crippen molar-refractivity contribution in [1.82, 2.24) is 9.78 Å². The number of ether oxygens (including phenoxy) is 2. The van der Waals surface area contributed by atoms with E-state index in [4.69, 9.17) is 4.74 Å². The Hall–Kier alpha value is -4.60. The number of para-hydroxylation sites is 2. The van der Waals surface area contributed by atoms with Crippen molar-refractivity contribution in [2.45, 2.75) is 26.2 Å². The lowest BCUT2D eigenvalue weighted by molar-refractivity contribution is -0.123. The van der Waals surface area contributed by atoms with Crippen molar-refractivity contribution >= 4 is 28.3 Å². The molecule has 1 heterocycles. The number of fused-ring (bicyclic) bond motifs is 1. The molecule has 0 spiro atoms. The summed E-state index contributed by atoms with van der Waals surface area (Å²) in [7, 11) is 0. The maximum atomic E-state index is 13.1. The number of hydrogen-bond acceptors (Lipinski definition) is 6. The van der Waals surface area contributed by atoms with Gasteiger partial charge in [-0.15, -0.1) is 0 Å². The molecule has 3 aromatic carbocycles. The van der Waals surface area contributed by atoms with E-state index in [-0.39, 0.29) is 40.0 Å². The largest absolute Gasteiger partial charge is 0.448 e. The van der Waals surface area contributed by atoms with Crippen molar-refractivity contribution in [2.24, 2.45) is 0 Å². The van der Waals surface area contributed by atoms with Gasteiger partial charge in [0, 0.05) is 5.39 Å². The highest BCUT2D eigenvalue weighted by Gasteiger charge is 2.24. The highest BCUT2D eigenvalue weighted by molar-refractivity contribution is 6.04. The van der Waals surface area contributed by atoms with E-state index in [1.807, 2.05) is 30.3 Å². The number of anilines is 1. The highest BCUT2D eigenvalue weighted by Crippen LogP contribution is 2.26. The SMILES string of the molecule is CC(OC(=O)c1nn(Cc2ccccc2)c(=O)c2ccccc12)C(=O)Nc1ccccc1OC(F)F. The van der Waals surface area contributed by atoms with E-state index >= 15 is 0 Å². The van der Waals surface area contributed by atoms with Crippen LogP contribution in [0.4, 0.5) is 14.5 Å². The number of nitrogens with zero attached hydrogens (tertiary/aromatic N) is 2. The standard InChI is InChI=1S/C26H21F2N3O5/c1-16(23(32)29-20-13-7-8-14-21(20)36-26(27)28)35-25(34)22-18-11-5-6-12-19(18)24(33)31(30-22)15-17-9-3-2-4-10-17/h2-14,16,26H,15H2,1H3,(H,29,32). The fourth-order valence-corrected chi connectivity index (χ4v) is 3.52. The minimum Gasteiger partial charge on any atom is -0.448 e. The number of hydrogen-bond donors (Lipinski definition) is 1. The number of halogens is 2. The molecule has 36 heavy (non-hydrogen) atoms. The van der Waals surface area contributed by atoms with Gasteiger partial charge in [0.15, 0.2) is 11.8 Å². The minimum absolute atomic E-state index is 0.00863. The number of alkyl halides is 2. The number of benzene rings is 3. The van der Waals surface area contributed by atoms with Gasteiger partial charge in [0.25, 0.3) is 11.5 Å². The van der Waals surface area contributed by atoms with Crippen molar-refractivity contribution in [2.75, 3.05) is 5.32 Å².